The standard InChI is InChI=1S/C15H16Br2ClNS/c1-2-3-19-15(8-14-7-12(17)9-20-14)10-4-11(16)6-13(18)5-10/h4-7,9,15,19H,2-3,8H2,1H3. The molecule has 0 aliphatic carbocycles. The largest absolute Gasteiger partial charge is 0.310 e. The van der Waals surface area contributed by atoms with Crippen LogP contribution < -0.4 is 5.32 Å². The predicted octanol–water partition coefficient (Wildman–Crippen LogP) is 6.21. The van der Waals surface area contributed by atoms with E-state index in [0.717, 1.165) is 33.4 Å². The molecule has 0 radical (unpaired) electrons. The van der Waals surface area contributed by atoms with Crippen molar-refractivity contribution in [3.8, 4) is 0 Å². The van der Waals surface area contributed by atoms with Crippen molar-refractivity contribution in [2.24, 2.45) is 0 Å². The Hall–Kier alpha value is 0.130. The average Bonchev–Trinajstić information content (AvgIpc) is 2.79. The van der Waals surface area contributed by atoms with E-state index >= 15 is 0 Å². The van der Waals surface area contributed by atoms with E-state index in [1.54, 1.807) is 11.3 Å². The predicted molar refractivity (Wildman–Crippen MR) is 95.9 cm³/mol. The lowest BCUT2D eigenvalue weighted by Gasteiger charge is -2.19. The average molecular weight is 438 g/mol. The zero-order valence-corrected chi connectivity index (χ0v) is 15.9. The highest BCUT2D eigenvalue weighted by molar-refractivity contribution is 9.10. The summed E-state index contributed by atoms with van der Waals surface area (Å²) >= 11 is 15.0. The Balaban J connectivity index is 2.21. The summed E-state index contributed by atoms with van der Waals surface area (Å²) in [5, 5.41) is 6.50. The van der Waals surface area contributed by atoms with Gasteiger partial charge in [-0.1, -0.05) is 34.5 Å². The summed E-state index contributed by atoms with van der Waals surface area (Å²) in [4.78, 5) is 1.36. The van der Waals surface area contributed by atoms with Crippen LogP contribution in [-0.4, -0.2) is 6.54 Å². The molecule has 0 amide bonds. The van der Waals surface area contributed by atoms with Crippen LogP contribution in [0.5, 0.6) is 0 Å². The summed E-state index contributed by atoms with van der Waals surface area (Å²) in [6.07, 6.45) is 2.09. The molecule has 0 spiro atoms. The molecule has 1 nitrogen and oxygen atoms in total. The van der Waals surface area contributed by atoms with E-state index in [1.165, 1.54) is 10.4 Å². The van der Waals surface area contributed by atoms with Gasteiger partial charge in [0.25, 0.3) is 0 Å². The first kappa shape index (κ1) is 16.5. The van der Waals surface area contributed by atoms with Gasteiger partial charge in [-0.15, -0.1) is 11.3 Å². The van der Waals surface area contributed by atoms with Gasteiger partial charge in [-0.05, 0) is 58.7 Å². The number of benzene rings is 1. The van der Waals surface area contributed by atoms with Gasteiger partial charge in [0.1, 0.15) is 0 Å². The molecular weight excluding hydrogens is 422 g/mol. The summed E-state index contributed by atoms with van der Waals surface area (Å²) in [6.45, 7) is 3.18. The van der Waals surface area contributed by atoms with Gasteiger partial charge in [-0.25, -0.2) is 0 Å². The van der Waals surface area contributed by atoms with Crippen LogP contribution in [0.3, 0.4) is 0 Å². The molecular formula is C15H16Br2ClNS. The van der Waals surface area contributed by atoms with Crippen LogP contribution in [0.15, 0.2) is 38.6 Å². The lowest BCUT2D eigenvalue weighted by molar-refractivity contribution is 0.532. The number of halogens is 3. The van der Waals surface area contributed by atoms with Gasteiger partial charge in [0.2, 0.25) is 0 Å². The minimum Gasteiger partial charge on any atom is -0.310 e. The van der Waals surface area contributed by atoms with Crippen LogP contribution in [0.25, 0.3) is 0 Å². The third-order valence-corrected chi connectivity index (χ3v) is 5.35. The van der Waals surface area contributed by atoms with Crippen molar-refractivity contribution in [2.45, 2.75) is 25.8 Å². The minimum absolute atomic E-state index is 0.287. The molecule has 2 aromatic rings. The van der Waals surface area contributed by atoms with Crippen LogP contribution in [0.1, 0.15) is 29.8 Å². The molecule has 1 unspecified atom stereocenters. The fourth-order valence-corrected chi connectivity index (χ4v) is 4.45. The Morgan fingerprint density at radius 3 is 2.60 bits per heavy atom. The second-order valence-electron chi connectivity index (χ2n) is 4.64. The molecule has 1 aromatic heterocycles. The van der Waals surface area contributed by atoms with E-state index < -0.39 is 0 Å². The molecule has 1 heterocycles. The third-order valence-electron chi connectivity index (χ3n) is 2.96. The van der Waals surface area contributed by atoms with E-state index in [9.17, 15) is 0 Å². The maximum atomic E-state index is 6.17. The Morgan fingerprint density at radius 1 is 1.20 bits per heavy atom. The highest BCUT2D eigenvalue weighted by atomic mass is 79.9. The fraction of sp³-hybridized carbons (Fsp3) is 0.333. The van der Waals surface area contributed by atoms with Gasteiger partial charge < -0.3 is 5.32 Å². The quantitative estimate of drug-likeness (QED) is 0.566. The van der Waals surface area contributed by atoms with Crippen molar-refractivity contribution >= 4 is 54.8 Å². The molecule has 0 fully saturated rings. The first-order valence-corrected chi connectivity index (χ1v) is 9.35. The number of thiophene rings is 1. The number of hydrogen-bond acceptors (Lipinski definition) is 2. The second kappa shape index (κ2) is 7.95. The molecule has 1 atom stereocenters. The van der Waals surface area contributed by atoms with Crippen molar-refractivity contribution < 1.29 is 0 Å². The lowest BCUT2D eigenvalue weighted by atomic mass is 10.0. The monoisotopic (exact) mass is 435 g/mol. The van der Waals surface area contributed by atoms with Crippen molar-refractivity contribution in [3.63, 3.8) is 0 Å². The Morgan fingerprint density at radius 2 is 2.00 bits per heavy atom. The molecule has 1 aromatic carbocycles. The molecule has 0 bridgehead atoms. The van der Waals surface area contributed by atoms with Crippen LogP contribution in [-0.2, 0) is 6.42 Å². The molecule has 2 rings (SSSR count). The normalized spacial score (nSPS) is 12.6. The van der Waals surface area contributed by atoms with Crippen molar-refractivity contribution in [1.29, 1.82) is 0 Å². The van der Waals surface area contributed by atoms with E-state index in [2.05, 4.69) is 61.6 Å². The summed E-state index contributed by atoms with van der Waals surface area (Å²) in [5.74, 6) is 0. The first-order chi connectivity index (χ1) is 9.58. The zero-order chi connectivity index (χ0) is 14.5. The van der Waals surface area contributed by atoms with Gasteiger partial charge in [-0.3, -0.25) is 0 Å². The van der Waals surface area contributed by atoms with E-state index in [0.29, 0.717) is 0 Å². The maximum Gasteiger partial charge on any atom is 0.0420 e. The van der Waals surface area contributed by atoms with E-state index in [1.807, 2.05) is 12.1 Å². The third kappa shape index (κ3) is 4.85. The van der Waals surface area contributed by atoms with Gasteiger partial charge in [0.15, 0.2) is 0 Å². The van der Waals surface area contributed by atoms with Gasteiger partial charge in [-0.2, -0.15) is 0 Å². The highest BCUT2D eigenvalue weighted by Gasteiger charge is 2.14. The minimum atomic E-state index is 0.287. The Bertz CT molecular complexity index is 551. The molecule has 0 saturated heterocycles. The smallest absolute Gasteiger partial charge is 0.0420 e. The molecule has 20 heavy (non-hydrogen) atoms. The summed E-state index contributed by atoms with van der Waals surface area (Å²) in [5.41, 5.74) is 1.22. The first-order valence-electron chi connectivity index (χ1n) is 6.50. The fourth-order valence-electron chi connectivity index (χ4n) is 2.06. The topological polar surface area (TPSA) is 12.0 Å². The Kier molecular flexibility index (Phi) is 6.56. The van der Waals surface area contributed by atoms with Gasteiger partial charge in [0, 0.05) is 36.7 Å². The Labute approximate surface area is 146 Å². The summed E-state index contributed by atoms with van der Waals surface area (Å²) in [7, 11) is 0. The molecule has 0 aliphatic heterocycles. The van der Waals surface area contributed by atoms with E-state index in [-0.39, 0.29) is 6.04 Å². The van der Waals surface area contributed by atoms with Crippen molar-refractivity contribution in [2.75, 3.05) is 6.54 Å². The molecule has 0 saturated carbocycles. The highest BCUT2D eigenvalue weighted by Crippen LogP contribution is 2.29. The lowest BCUT2D eigenvalue weighted by Crippen LogP contribution is -2.23. The van der Waals surface area contributed by atoms with Crippen LogP contribution in [0.2, 0.25) is 5.02 Å². The second-order valence-corrected chi connectivity index (χ2v) is 7.91. The summed E-state index contributed by atoms with van der Waals surface area (Å²) in [6, 6.07) is 8.58. The SMILES string of the molecule is CCCNC(Cc1cc(Br)cs1)c1cc(Cl)cc(Br)c1. The molecule has 108 valence electrons. The maximum absolute atomic E-state index is 6.17. The van der Waals surface area contributed by atoms with Gasteiger partial charge in [0.05, 0.1) is 0 Å². The zero-order valence-electron chi connectivity index (χ0n) is 11.1. The van der Waals surface area contributed by atoms with Crippen LogP contribution >= 0.6 is 54.8 Å². The van der Waals surface area contributed by atoms with Crippen LogP contribution in [0.4, 0.5) is 0 Å². The van der Waals surface area contributed by atoms with Crippen LogP contribution in [0, 0.1) is 0 Å². The molecule has 0 aliphatic rings. The van der Waals surface area contributed by atoms with Crippen molar-refractivity contribution in [1.82, 2.24) is 5.32 Å². The number of rotatable bonds is 6. The van der Waals surface area contributed by atoms with E-state index in [4.69, 9.17) is 11.6 Å². The molecule has 1 N–H and O–H groups in total. The van der Waals surface area contributed by atoms with Crippen molar-refractivity contribution in [3.05, 3.63) is 54.1 Å². The number of nitrogens with one attached hydrogen (secondary N) is 1. The molecule has 5 heteroatoms. The number of hydrogen-bond donors (Lipinski definition) is 1. The summed E-state index contributed by atoms with van der Waals surface area (Å²) < 4.78 is 2.18. The van der Waals surface area contributed by atoms with Gasteiger partial charge >= 0.3 is 0 Å².